The number of halogens is 3. The molecule has 0 amide bonds. The number of alkyl halides is 3. The van der Waals surface area contributed by atoms with E-state index in [1.807, 2.05) is 12.1 Å². The lowest BCUT2D eigenvalue weighted by Crippen LogP contribution is -2.55. The van der Waals surface area contributed by atoms with Crippen molar-refractivity contribution in [1.29, 1.82) is 0 Å². The highest BCUT2D eigenvalue weighted by atomic mass is 19.4. The normalized spacial score (nSPS) is 22.5. The zero-order valence-electron chi connectivity index (χ0n) is 17.3. The molecule has 4 nitrogen and oxygen atoms in total. The van der Waals surface area contributed by atoms with Gasteiger partial charge in [-0.3, -0.25) is 4.90 Å². The molecule has 2 aliphatic heterocycles. The first kappa shape index (κ1) is 20.8. The third-order valence-corrected chi connectivity index (χ3v) is 6.27. The van der Waals surface area contributed by atoms with Crippen LogP contribution in [0.2, 0.25) is 0 Å². The van der Waals surface area contributed by atoms with E-state index in [1.165, 1.54) is 17.7 Å². The van der Waals surface area contributed by atoms with Crippen molar-refractivity contribution in [2.75, 3.05) is 38.8 Å². The summed E-state index contributed by atoms with van der Waals surface area (Å²) in [6.07, 6.45) is -1.10. The fourth-order valence-corrected chi connectivity index (χ4v) is 4.78. The van der Waals surface area contributed by atoms with Crippen LogP contribution in [0, 0.1) is 0 Å². The molecule has 2 saturated heterocycles. The molecule has 0 N–H and O–H groups in total. The van der Waals surface area contributed by atoms with E-state index >= 15 is 0 Å². The van der Waals surface area contributed by atoms with Crippen LogP contribution in [0.4, 0.5) is 18.9 Å². The van der Waals surface area contributed by atoms with Crippen molar-refractivity contribution in [2.45, 2.75) is 37.5 Å². The maximum Gasteiger partial charge on any atom is 0.416 e. The predicted octanol–water partition coefficient (Wildman–Crippen LogP) is 5.14. The van der Waals surface area contributed by atoms with Crippen LogP contribution in [0.1, 0.15) is 36.4 Å². The van der Waals surface area contributed by atoms with Gasteiger partial charge in [0.25, 0.3) is 0 Å². The van der Waals surface area contributed by atoms with Crippen LogP contribution >= 0.6 is 0 Å². The Balaban J connectivity index is 1.52. The number of rotatable bonds is 4. The molecule has 162 valence electrons. The molecule has 2 aromatic rings. The van der Waals surface area contributed by atoms with Gasteiger partial charge in [-0.1, -0.05) is 12.1 Å². The van der Waals surface area contributed by atoms with Crippen LogP contribution < -0.4 is 14.4 Å². The van der Waals surface area contributed by atoms with Crippen LogP contribution in [-0.4, -0.2) is 44.8 Å². The molecule has 0 spiro atoms. The molecule has 2 atom stereocenters. The zero-order valence-corrected chi connectivity index (χ0v) is 17.3. The molecule has 2 heterocycles. The van der Waals surface area contributed by atoms with Gasteiger partial charge in [0.1, 0.15) is 0 Å². The highest BCUT2D eigenvalue weighted by molar-refractivity contribution is 5.50. The number of anilines is 1. The smallest absolute Gasteiger partial charge is 0.416 e. The third-order valence-electron chi connectivity index (χ3n) is 6.27. The molecule has 7 heteroatoms. The largest absolute Gasteiger partial charge is 0.493 e. The summed E-state index contributed by atoms with van der Waals surface area (Å²) in [5.41, 5.74) is 1.26. The molecule has 1 unspecified atom stereocenters. The molecule has 2 fully saturated rings. The predicted molar refractivity (Wildman–Crippen MR) is 110 cm³/mol. The summed E-state index contributed by atoms with van der Waals surface area (Å²) in [5, 5.41) is 0. The van der Waals surface area contributed by atoms with Crippen molar-refractivity contribution in [3.63, 3.8) is 0 Å². The van der Waals surface area contributed by atoms with Gasteiger partial charge in [0.05, 0.1) is 19.8 Å². The number of fused-ring (bicyclic) bond motifs is 1. The fraction of sp³-hybridized carbons (Fsp3) is 0.478. The summed E-state index contributed by atoms with van der Waals surface area (Å²) in [4.78, 5) is 4.60. The Hall–Kier alpha value is -2.41. The van der Waals surface area contributed by atoms with Crippen molar-refractivity contribution in [3.8, 4) is 11.5 Å². The first-order chi connectivity index (χ1) is 14.4. The van der Waals surface area contributed by atoms with E-state index < -0.39 is 11.7 Å². The summed E-state index contributed by atoms with van der Waals surface area (Å²) in [5.74, 6) is 1.43. The lowest BCUT2D eigenvalue weighted by molar-refractivity contribution is -0.137. The summed E-state index contributed by atoms with van der Waals surface area (Å²) < 4.78 is 50.2. The van der Waals surface area contributed by atoms with E-state index in [0.29, 0.717) is 24.0 Å². The average Bonchev–Trinajstić information content (AvgIpc) is 2.77. The van der Waals surface area contributed by atoms with Gasteiger partial charge in [-0.25, -0.2) is 0 Å². The van der Waals surface area contributed by atoms with Gasteiger partial charge in [-0.2, -0.15) is 13.2 Å². The Bertz CT molecular complexity index is 887. The standard InChI is InChI=1S/C23H27F3N2O2/c1-29-21-10-9-16(13-22(21)30-2)20-8-4-7-19-15-27(11-12-28(19)20)18-6-3-5-17(14-18)23(24,25)26/h3,5-6,9-10,13-14,19-20H,4,7-8,11-12,15H2,1-2H3/t19?,20-/m1/s1. The zero-order chi connectivity index (χ0) is 21.3. The minimum absolute atomic E-state index is 0.284. The number of piperidine rings is 1. The number of ether oxygens (including phenoxy) is 2. The molecule has 2 aromatic carbocycles. The van der Waals surface area contributed by atoms with Crippen LogP contribution in [0.15, 0.2) is 42.5 Å². The maximum atomic E-state index is 13.1. The van der Waals surface area contributed by atoms with Gasteiger partial charge in [0.15, 0.2) is 11.5 Å². The topological polar surface area (TPSA) is 24.9 Å². The van der Waals surface area contributed by atoms with Crippen molar-refractivity contribution in [3.05, 3.63) is 53.6 Å². The molecule has 2 aliphatic rings. The molecule has 0 radical (unpaired) electrons. The van der Waals surface area contributed by atoms with Crippen LogP contribution in [0.25, 0.3) is 0 Å². The Labute approximate surface area is 175 Å². The Morgan fingerprint density at radius 2 is 1.73 bits per heavy atom. The van der Waals surface area contributed by atoms with Gasteiger partial charge < -0.3 is 14.4 Å². The first-order valence-corrected chi connectivity index (χ1v) is 10.3. The van der Waals surface area contributed by atoms with Gasteiger partial charge >= 0.3 is 6.18 Å². The summed E-state index contributed by atoms with van der Waals surface area (Å²) >= 11 is 0. The summed E-state index contributed by atoms with van der Waals surface area (Å²) in [6.45, 7) is 2.27. The van der Waals surface area contributed by atoms with E-state index in [-0.39, 0.29) is 6.04 Å². The molecule has 4 rings (SSSR count). The highest BCUT2D eigenvalue weighted by Crippen LogP contribution is 2.40. The second-order valence-electron chi connectivity index (χ2n) is 7.95. The average molecular weight is 420 g/mol. The van der Waals surface area contributed by atoms with Gasteiger partial charge in [-0.05, 0) is 55.2 Å². The van der Waals surface area contributed by atoms with Crippen LogP contribution in [0.3, 0.4) is 0 Å². The Morgan fingerprint density at radius 3 is 2.47 bits per heavy atom. The third kappa shape index (κ3) is 4.08. The second kappa shape index (κ2) is 8.38. The minimum atomic E-state index is -4.32. The molecule has 0 aliphatic carbocycles. The number of methoxy groups -OCH3 is 2. The SMILES string of the molecule is COc1ccc([C@H]2CCCC3CN(c4cccc(C(F)(F)F)c4)CCN32)cc1OC. The van der Waals surface area contributed by atoms with E-state index in [0.717, 1.165) is 44.2 Å². The first-order valence-electron chi connectivity index (χ1n) is 10.3. The molecular weight excluding hydrogens is 393 g/mol. The minimum Gasteiger partial charge on any atom is -0.493 e. The second-order valence-corrected chi connectivity index (χ2v) is 7.95. The monoisotopic (exact) mass is 420 g/mol. The van der Waals surface area contributed by atoms with Crippen molar-refractivity contribution in [1.82, 2.24) is 4.90 Å². The van der Waals surface area contributed by atoms with E-state index in [1.54, 1.807) is 20.3 Å². The Kier molecular flexibility index (Phi) is 5.82. The fourth-order valence-electron chi connectivity index (χ4n) is 4.78. The lowest BCUT2D eigenvalue weighted by atomic mass is 9.89. The van der Waals surface area contributed by atoms with E-state index in [4.69, 9.17) is 9.47 Å². The quantitative estimate of drug-likeness (QED) is 0.684. The Morgan fingerprint density at radius 1 is 0.933 bits per heavy atom. The van der Waals surface area contributed by atoms with Crippen molar-refractivity contribution in [2.24, 2.45) is 0 Å². The number of hydrogen-bond donors (Lipinski definition) is 0. The maximum absolute atomic E-state index is 13.1. The van der Waals surface area contributed by atoms with Crippen molar-refractivity contribution < 1.29 is 22.6 Å². The summed E-state index contributed by atoms with van der Waals surface area (Å²) in [7, 11) is 3.26. The lowest BCUT2D eigenvalue weighted by Gasteiger charge is -2.49. The summed E-state index contributed by atoms with van der Waals surface area (Å²) in [6, 6.07) is 12.4. The van der Waals surface area contributed by atoms with Crippen molar-refractivity contribution >= 4 is 5.69 Å². The number of nitrogens with zero attached hydrogens (tertiary/aromatic N) is 2. The number of hydrogen-bond acceptors (Lipinski definition) is 4. The van der Waals surface area contributed by atoms with Crippen LogP contribution in [-0.2, 0) is 6.18 Å². The molecule has 0 aromatic heterocycles. The van der Waals surface area contributed by atoms with Gasteiger partial charge in [-0.15, -0.1) is 0 Å². The van der Waals surface area contributed by atoms with E-state index in [2.05, 4.69) is 15.9 Å². The molecular formula is C23H27F3N2O2. The van der Waals surface area contributed by atoms with E-state index in [9.17, 15) is 13.2 Å². The number of piperazine rings is 1. The molecule has 30 heavy (non-hydrogen) atoms. The van der Waals surface area contributed by atoms with Gasteiger partial charge in [0.2, 0.25) is 0 Å². The molecule has 0 bridgehead atoms. The number of benzene rings is 2. The van der Waals surface area contributed by atoms with Gasteiger partial charge in [0, 0.05) is 37.4 Å². The van der Waals surface area contributed by atoms with Crippen LogP contribution in [0.5, 0.6) is 11.5 Å². The highest BCUT2D eigenvalue weighted by Gasteiger charge is 2.37. The molecule has 0 saturated carbocycles.